The molecule has 1 heterocycles. The number of rotatable bonds is 3. The van der Waals surface area contributed by atoms with E-state index in [9.17, 15) is 0 Å². The van der Waals surface area contributed by atoms with Crippen LogP contribution in [0.2, 0.25) is 0 Å². The minimum Gasteiger partial charge on any atom is -0.497 e. The fourth-order valence-electron chi connectivity index (χ4n) is 2.82. The predicted molar refractivity (Wildman–Crippen MR) is 74.7 cm³/mol. The Balaban J connectivity index is 2.01. The number of tetrazole rings is 1. The monoisotopic (exact) mass is 273 g/mol. The topological polar surface area (TPSA) is 78.8 Å². The van der Waals surface area contributed by atoms with Gasteiger partial charge in [0.25, 0.3) is 0 Å². The Morgan fingerprint density at radius 2 is 2.05 bits per heavy atom. The van der Waals surface area contributed by atoms with Gasteiger partial charge in [-0.1, -0.05) is 25.3 Å². The molecule has 0 amide bonds. The molecule has 0 spiro atoms. The molecule has 106 valence electrons. The van der Waals surface area contributed by atoms with Crippen LogP contribution >= 0.6 is 0 Å². The summed E-state index contributed by atoms with van der Waals surface area (Å²) in [5.74, 6) is 1.52. The first-order valence-electron chi connectivity index (χ1n) is 6.95. The maximum absolute atomic E-state index is 6.54. The second-order valence-electron chi connectivity index (χ2n) is 5.33. The van der Waals surface area contributed by atoms with E-state index in [0.717, 1.165) is 42.9 Å². The van der Waals surface area contributed by atoms with Crippen LogP contribution in [-0.4, -0.2) is 27.3 Å². The lowest BCUT2D eigenvalue weighted by atomic mass is 9.82. The van der Waals surface area contributed by atoms with Crippen LogP contribution in [-0.2, 0) is 5.54 Å². The Labute approximate surface area is 117 Å². The van der Waals surface area contributed by atoms with Gasteiger partial charge in [0.1, 0.15) is 5.75 Å². The first-order chi connectivity index (χ1) is 9.73. The van der Waals surface area contributed by atoms with Crippen molar-refractivity contribution >= 4 is 0 Å². The zero-order chi connectivity index (χ0) is 14.0. The van der Waals surface area contributed by atoms with Crippen molar-refractivity contribution in [3.8, 4) is 11.4 Å². The molecule has 6 heteroatoms. The van der Waals surface area contributed by atoms with Crippen LogP contribution in [0.3, 0.4) is 0 Å². The van der Waals surface area contributed by atoms with Gasteiger partial charge in [0.2, 0.25) is 0 Å². The van der Waals surface area contributed by atoms with Gasteiger partial charge in [-0.3, -0.25) is 0 Å². The average Bonchev–Trinajstić information content (AvgIpc) is 2.98. The van der Waals surface area contributed by atoms with E-state index < -0.39 is 5.54 Å². The van der Waals surface area contributed by atoms with Crippen molar-refractivity contribution in [1.82, 2.24) is 20.2 Å². The summed E-state index contributed by atoms with van der Waals surface area (Å²) in [7, 11) is 1.64. The van der Waals surface area contributed by atoms with E-state index in [4.69, 9.17) is 10.5 Å². The lowest BCUT2D eigenvalue weighted by Crippen LogP contribution is -2.41. The van der Waals surface area contributed by atoms with Crippen molar-refractivity contribution < 1.29 is 4.74 Å². The van der Waals surface area contributed by atoms with Gasteiger partial charge in [-0.2, -0.15) is 4.68 Å². The summed E-state index contributed by atoms with van der Waals surface area (Å²) >= 11 is 0. The Morgan fingerprint density at radius 3 is 2.80 bits per heavy atom. The minimum absolute atomic E-state index is 0.426. The predicted octanol–water partition coefficient (Wildman–Crippen LogP) is 1.79. The van der Waals surface area contributed by atoms with Gasteiger partial charge in [-0.15, -0.1) is 5.10 Å². The van der Waals surface area contributed by atoms with Crippen molar-refractivity contribution in [1.29, 1.82) is 0 Å². The fourth-order valence-corrected chi connectivity index (χ4v) is 2.82. The molecule has 2 N–H and O–H groups in total. The maximum Gasteiger partial charge on any atom is 0.176 e. The Morgan fingerprint density at radius 1 is 1.25 bits per heavy atom. The molecule has 0 saturated heterocycles. The van der Waals surface area contributed by atoms with Gasteiger partial charge >= 0.3 is 0 Å². The second kappa shape index (κ2) is 5.20. The summed E-state index contributed by atoms with van der Waals surface area (Å²) in [5, 5.41) is 12.1. The largest absolute Gasteiger partial charge is 0.497 e. The summed E-state index contributed by atoms with van der Waals surface area (Å²) in [6, 6.07) is 7.68. The van der Waals surface area contributed by atoms with Gasteiger partial charge in [0.05, 0.1) is 18.3 Å². The third-order valence-electron chi connectivity index (χ3n) is 3.96. The number of hydrogen-bond acceptors (Lipinski definition) is 5. The molecule has 2 aromatic rings. The molecular formula is C14H19N5O. The normalized spacial score (nSPS) is 17.9. The number of methoxy groups -OCH3 is 1. The van der Waals surface area contributed by atoms with E-state index in [0.29, 0.717) is 0 Å². The number of aromatic nitrogens is 4. The highest BCUT2D eigenvalue weighted by Crippen LogP contribution is 2.34. The highest BCUT2D eigenvalue weighted by Gasteiger charge is 2.35. The van der Waals surface area contributed by atoms with Crippen molar-refractivity contribution in [3.63, 3.8) is 0 Å². The highest BCUT2D eigenvalue weighted by atomic mass is 16.5. The number of nitrogens with zero attached hydrogens (tertiary/aromatic N) is 4. The Hall–Kier alpha value is -1.95. The summed E-state index contributed by atoms with van der Waals surface area (Å²) in [5.41, 5.74) is 6.99. The van der Waals surface area contributed by atoms with Crippen LogP contribution in [0.15, 0.2) is 24.3 Å². The number of ether oxygens (including phenoxy) is 1. The van der Waals surface area contributed by atoms with Crippen LogP contribution in [0.4, 0.5) is 0 Å². The standard InChI is InChI=1S/C14H19N5O/c1-20-12-7-5-6-11(10-12)19-13(16-17-18-19)14(15)8-3-2-4-9-14/h5-7,10H,2-4,8-9,15H2,1H3. The molecular weight excluding hydrogens is 254 g/mol. The molecule has 0 radical (unpaired) electrons. The second-order valence-corrected chi connectivity index (χ2v) is 5.33. The molecule has 0 unspecified atom stereocenters. The molecule has 0 atom stereocenters. The third-order valence-corrected chi connectivity index (χ3v) is 3.96. The zero-order valence-corrected chi connectivity index (χ0v) is 11.6. The fraction of sp³-hybridized carbons (Fsp3) is 0.500. The molecule has 3 rings (SSSR count). The van der Waals surface area contributed by atoms with Gasteiger partial charge in [-0.05, 0) is 35.4 Å². The Kier molecular flexibility index (Phi) is 3.40. The smallest absolute Gasteiger partial charge is 0.176 e. The van der Waals surface area contributed by atoms with Crippen LogP contribution < -0.4 is 10.5 Å². The SMILES string of the molecule is COc1cccc(-n2nnnc2C2(N)CCCCC2)c1. The molecule has 0 aliphatic heterocycles. The van der Waals surface area contributed by atoms with E-state index >= 15 is 0 Å². The third kappa shape index (κ3) is 2.27. The van der Waals surface area contributed by atoms with Crippen molar-refractivity contribution in [2.45, 2.75) is 37.6 Å². The van der Waals surface area contributed by atoms with E-state index in [2.05, 4.69) is 15.5 Å². The summed E-state index contributed by atoms with van der Waals surface area (Å²) < 4.78 is 6.98. The Bertz CT molecular complexity index is 589. The lowest BCUT2D eigenvalue weighted by Gasteiger charge is -2.31. The number of nitrogens with two attached hydrogens (primary N) is 1. The van der Waals surface area contributed by atoms with Crippen LogP contribution in [0.1, 0.15) is 37.9 Å². The van der Waals surface area contributed by atoms with Gasteiger partial charge < -0.3 is 10.5 Å². The summed E-state index contributed by atoms with van der Waals surface area (Å²) in [6.07, 6.45) is 5.34. The van der Waals surface area contributed by atoms with E-state index in [1.165, 1.54) is 6.42 Å². The molecule has 1 saturated carbocycles. The molecule has 0 bridgehead atoms. The highest BCUT2D eigenvalue weighted by molar-refractivity contribution is 5.39. The minimum atomic E-state index is -0.426. The van der Waals surface area contributed by atoms with Crippen molar-refractivity contribution in [2.75, 3.05) is 7.11 Å². The first kappa shape index (κ1) is 13.1. The van der Waals surface area contributed by atoms with E-state index in [-0.39, 0.29) is 0 Å². The average molecular weight is 273 g/mol. The molecule has 1 aliphatic rings. The quantitative estimate of drug-likeness (QED) is 0.922. The van der Waals surface area contributed by atoms with Gasteiger partial charge in [0.15, 0.2) is 5.82 Å². The van der Waals surface area contributed by atoms with Crippen molar-refractivity contribution in [3.05, 3.63) is 30.1 Å². The lowest BCUT2D eigenvalue weighted by molar-refractivity contribution is 0.282. The van der Waals surface area contributed by atoms with Crippen LogP contribution in [0, 0.1) is 0 Å². The van der Waals surface area contributed by atoms with Crippen LogP contribution in [0.25, 0.3) is 5.69 Å². The zero-order valence-electron chi connectivity index (χ0n) is 11.6. The van der Waals surface area contributed by atoms with Gasteiger partial charge in [-0.25, -0.2) is 0 Å². The molecule has 6 nitrogen and oxygen atoms in total. The van der Waals surface area contributed by atoms with Crippen molar-refractivity contribution in [2.24, 2.45) is 5.73 Å². The molecule has 1 aromatic carbocycles. The molecule has 20 heavy (non-hydrogen) atoms. The van der Waals surface area contributed by atoms with Crippen LogP contribution in [0.5, 0.6) is 5.75 Å². The van der Waals surface area contributed by atoms with E-state index in [1.807, 2.05) is 24.3 Å². The summed E-state index contributed by atoms with van der Waals surface area (Å²) in [6.45, 7) is 0. The molecule has 1 aliphatic carbocycles. The maximum atomic E-state index is 6.54. The number of benzene rings is 1. The van der Waals surface area contributed by atoms with Gasteiger partial charge in [0, 0.05) is 6.07 Å². The molecule has 1 aromatic heterocycles. The van der Waals surface area contributed by atoms with E-state index in [1.54, 1.807) is 11.8 Å². The summed E-state index contributed by atoms with van der Waals surface area (Å²) in [4.78, 5) is 0. The number of hydrogen-bond donors (Lipinski definition) is 1. The molecule has 1 fully saturated rings. The first-order valence-corrected chi connectivity index (χ1v) is 6.95.